The highest BCUT2D eigenvalue weighted by Gasteiger charge is 2.35. The number of ether oxygens (including phenoxy) is 2. The second-order valence-corrected chi connectivity index (χ2v) is 7.59. The van der Waals surface area contributed by atoms with Crippen molar-refractivity contribution >= 4 is 46.3 Å². The standard InChI is InChI=1S/C20H17ClN2O7S/c1-2-29-16-10-12(9-14(18(16)24)23(27)28)11-17-19(25)22(20(26)31-17)7-8-30-15-6-4-3-5-13(15)21/h3-6,9-11,24H,2,7-8H2,1H3/b17-11-. The number of rotatable bonds is 8. The Labute approximate surface area is 186 Å². The zero-order chi connectivity index (χ0) is 22.5. The average Bonchev–Trinajstić information content (AvgIpc) is 2.99. The predicted molar refractivity (Wildman–Crippen MR) is 116 cm³/mol. The number of nitro groups is 1. The zero-order valence-corrected chi connectivity index (χ0v) is 17.8. The minimum Gasteiger partial charge on any atom is -0.500 e. The van der Waals surface area contributed by atoms with Gasteiger partial charge in [0.05, 0.1) is 28.0 Å². The molecule has 0 atom stereocenters. The smallest absolute Gasteiger partial charge is 0.315 e. The van der Waals surface area contributed by atoms with Gasteiger partial charge in [0.1, 0.15) is 12.4 Å². The molecule has 31 heavy (non-hydrogen) atoms. The zero-order valence-electron chi connectivity index (χ0n) is 16.2. The Kier molecular flexibility index (Phi) is 7.03. The number of hydrogen-bond donors (Lipinski definition) is 1. The van der Waals surface area contributed by atoms with E-state index in [2.05, 4.69) is 0 Å². The first kappa shape index (κ1) is 22.4. The third-order valence-electron chi connectivity index (χ3n) is 4.15. The van der Waals surface area contributed by atoms with E-state index in [1.54, 1.807) is 31.2 Å². The van der Waals surface area contributed by atoms with Gasteiger partial charge in [-0.1, -0.05) is 23.7 Å². The van der Waals surface area contributed by atoms with Crippen LogP contribution in [-0.2, 0) is 4.79 Å². The van der Waals surface area contributed by atoms with Gasteiger partial charge in [-0.05, 0) is 48.5 Å². The molecule has 0 radical (unpaired) electrons. The predicted octanol–water partition coefficient (Wildman–Crippen LogP) is 4.47. The van der Waals surface area contributed by atoms with Gasteiger partial charge in [-0.3, -0.25) is 24.6 Å². The van der Waals surface area contributed by atoms with Crippen LogP contribution in [0.1, 0.15) is 12.5 Å². The summed E-state index contributed by atoms with van der Waals surface area (Å²) in [5.74, 6) is -0.804. The molecular formula is C20H17ClN2O7S. The molecule has 0 unspecified atom stereocenters. The Bertz CT molecular complexity index is 1070. The summed E-state index contributed by atoms with van der Waals surface area (Å²) in [6.45, 7) is 1.89. The maximum absolute atomic E-state index is 12.6. The monoisotopic (exact) mass is 464 g/mol. The molecule has 9 nitrogen and oxygen atoms in total. The van der Waals surface area contributed by atoms with Crippen LogP contribution in [0.3, 0.4) is 0 Å². The van der Waals surface area contributed by atoms with Crippen molar-refractivity contribution in [2.75, 3.05) is 19.8 Å². The van der Waals surface area contributed by atoms with Crippen molar-refractivity contribution in [1.29, 1.82) is 0 Å². The SMILES string of the molecule is CCOc1cc(/C=C2\SC(=O)N(CCOc3ccccc3Cl)C2=O)cc([N+](=O)[O-])c1O. The lowest BCUT2D eigenvalue weighted by Gasteiger charge is -2.13. The molecule has 1 heterocycles. The molecule has 11 heteroatoms. The minimum absolute atomic E-state index is 0.00709. The number of halogens is 1. The molecule has 0 aromatic heterocycles. The Morgan fingerprint density at radius 3 is 2.65 bits per heavy atom. The van der Waals surface area contributed by atoms with E-state index in [-0.39, 0.29) is 36.0 Å². The molecule has 0 bridgehead atoms. The van der Waals surface area contributed by atoms with Crippen molar-refractivity contribution < 1.29 is 29.1 Å². The Balaban J connectivity index is 1.77. The van der Waals surface area contributed by atoms with Crippen LogP contribution in [0.25, 0.3) is 6.08 Å². The average molecular weight is 465 g/mol. The highest BCUT2D eigenvalue weighted by atomic mass is 35.5. The largest absolute Gasteiger partial charge is 0.500 e. The molecule has 1 fully saturated rings. The molecule has 2 amide bonds. The first-order valence-corrected chi connectivity index (χ1v) is 10.3. The number of hydrogen-bond acceptors (Lipinski definition) is 8. The van der Waals surface area contributed by atoms with Gasteiger partial charge in [0.15, 0.2) is 5.75 Å². The first-order chi connectivity index (χ1) is 14.8. The lowest BCUT2D eigenvalue weighted by atomic mass is 10.1. The Hall–Kier alpha value is -3.24. The fraction of sp³-hybridized carbons (Fsp3) is 0.200. The first-order valence-electron chi connectivity index (χ1n) is 9.08. The van der Waals surface area contributed by atoms with Crippen molar-refractivity contribution in [3.05, 3.63) is 62.0 Å². The summed E-state index contributed by atoms with van der Waals surface area (Å²) in [5.41, 5.74) is -0.324. The van der Waals surface area contributed by atoms with Crippen LogP contribution in [-0.4, -0.2) is 45.8 Å². The van der Waals surface area contributed by atoms with Gasteiger partial charge in [-0.15, -0.1) is 0 Å². The molecule has 0 spiro atoms. The van der Waals surface area contributed by atoms with Crippen molar-refractivity contribution in [3.63, 3.8) is 0 Å². The number of carbonyl (C=O) groups excluding carboxylic acids is 2. The van der Waals surface area contributed by atoms with Crippen molar-refractivity contribution in [2.45, 2.75) is 6.92 Å². The number of aromatic hydroxyl groups is 1. The molecular weight excluding hydrogens is 448 g/mol. The summed E-state index contributed by atoms with van der Waals surface area (Å²) >= 11 is 6.72. The van der Waals surface area contributed by atoms with Crippen LogP contribution in [0.15, 0.2) is 41.3 Å². The van der Waals surface area contributed by atoms with E-state index in [4.69, 9.17) is 21.1 Å². The number of nitrogens with zero attached hydrogens (tertiary/aromatic N) is 2. The van der Waals surface area contributed by atoms with E-state index >= 15 is 0 Å². The van der Waals surface area contributed by atoms with Crippen LogP contribution < -0.4 is 9.47 Å². The molecule has 3 rings (SSSR count). The molecule has 2 aromatic carbocycles. The fourth-order valence-electron chi connectivity index (χ4n) is 2.75. The number of thioether (sulfide) groups is 1. The van der Waals surface area contributed by atoms with E-state index in [1.807, 2.05) is 0 Å². The van der Waals surface area contributed by atoms with E-state index < -0.39 is 27.5 Å². The van der Waals surface area contributed by atoms with Crippen LogP contribution in [0, 0.1) is 10.1 Å². The van der Waals surface area contributed by atoms with Gasteiger partial charge in [0.2, 0.25) is 5.75 Å². The second-order valence-electron chi connectivity index (χ2n) is 6.19. The van der Waals surface area contributed by atoms with Crippen molar-refractivity contribution in [2.24, 2.45) is 0 Å². The lowest BCUT2D eigenvalue weighted by molar-refractivity contribution is -0.386. The van der Waals surface area contributed by atoms with Crippen LogP contribution in [0.2, 0.25) is 5.02 Å². The minimum atomic E-state index is -0.757. The number of amides is 2. The Morgan fingerprint density at radius 1 is 1.23 bits per heavy atom. The Morgan fingerprint density at radius 2 is 1.97 bits per heavy atom. The number of phenols is 1. The second kappa shape index (κ2) is 9.71. The topological polar surface area (TPSA) is 119 Å². The van der Waals surface area contributed by atoms with Gasteiger partial charge in [-0.25, -0.2) is 0 Å². The number of phenolic OH excluding ortho intramolecular Hbond substituents is 1. The summed E-state index contributed by atoms with van der Waals surface area (Å²) in [6.07, 6.45) is 1.34. The quantitative estimate of drug-likeness (QED) is 0.345. The summed E-state index contributed by atoms with van der Waals surface area (Å²) in [4.78, 5) is 36.5. The maximum atomic E-state index is 12.6. The van der Waals surface area contributed by atoms with E-state index in [9.17, 15) is 24.8 Å². The van der Waals surface area contributed by atoms with Gasteiger partial charge in [0.25, 0.3) is 11.1 Å². The fourth-order valence-corrected chi connectivity index (χ4v) is 3.81. The van der Waals surface area contributed by atoms with Crippen LogP contribution >= 0.6 is 23.4 Å². The molecule has 0 saturated carbocycles. The van der Waals surface area contributed by atoms with Gasteiger partial charge in [-0.2, -0.15) is 0 Å². The number of para-hydroxylation sites is 1. The third-order valence-corrected chi connectivity index (χ3v) is 5.37. The number of benzene rings is 2. The van der Waals surface area contributed by atoms with Crippen LogP contribution in [0.4, 0.5) is 10.5 Å². The van der Waals surface area contributed by atoms with Crippen LogP contribution in [0.5, 0.6) is 17.2 Å². The summed E-state index contributed by atoms with van der Waals surface area (Å²) in [7, 11) is 0. The maximum Gasteiger partial charge on any atom is 0.315 e. The molecule has 0 aliphatic carbocycles. The summed E-state index contributed by atoms with van der Waals surface area (Å²) in [5, 5.41) is 21.1. The molecule has 162 valence electrons. The van der Waals surface area contributed by atoms with E-state index in [1.165, 1.54) is 12.1 Å². The molecule has 1 aliphatic rings. The van der Waals surface area contributed by atoms with Crippen molar-refractivity contribution in [3.8, 4) is 17.2 Å². The molecule has 1 aliphatic heterocycles. The normalized spacial score (nSPS) is 14.9. The summed E-state index contributed by atoms with van der Waals surface area (Å²) in [6, 6.07) is 9.29. The van der Waals surface area contributed by atoms with E-state index in [0.717, 1.165) is 11.0 Å². The molecule has 2 aromatic rings. The highest BCUT2D eigenvalue weighted by molar-refractivity contribution is 8.18. The molecule has 1 saturated heterocycles. The highest BCUT2D eigenvalue weighted by Crippen LogP contribution is 2.39. The van der Waals surface area contributed by atoms with E-state index in [0.29, 0.717) is 22.5 Å². The van der Waals surface area contributed by atoms with Gasteiger partial charge >= 0.3 is 5.69 Å². The third kappa shape index (κ3) is 5.09. The number of imide groups is 1. The number of carbonyl (C=O) groups is 2. The lowest BCUT2D eigenvalue weighted by Crippen LogP contribution is -2.32. The molecule has 1 N–H and O–H groups in total. The number of nitro benzene ring substituents is 1. The van der Waals surface area contributed by atoms with Gasteiger partial charge in [0, 0.05) is 6.07 Å². The van der Waals surface area contributed by atoms with Crippen molar-refractivity contribution in [1.82, 2.24) is 4.90 Å². The van der Waals surface area contributed by atoms with Gasteiger partial charge < -0.3 is 14.6 Å². The summed E-state index contributed by atoms with van der Waals surface area (Å²) < 4.78 is 10.7.